The first-order valence-corrected chi connectivity index (χ1v) is 12.2. The average molecular weight is 463 g/mol. The minimum absolute atomic E-state index is 0.906. The average Bonchev–Trinajstić information content (AvgIpc) is 3.30. The summed E-state index contributed by atoms with van der Waals surface area (Å²) >= 11 is 3.67. The Hall–Kier alpha value is -2.96. The van der Waals surface area contributed by atoms with Crippen molar-refractivity contribution in [3.63, 3.8) is 0 Å². The third-order valence-electron chi connectivity index (χ3n) is 5.99. The van der Waals surface area contributed by atoms with E-state index in [4.69, 9.17) is 9.47 Å². The van der Waals surface area contributed by atoms with Crippen molar-refractivity contribution in [1.82, 2.24) is 0 Å². The minimum Gasteiger partial charge on any atom is -0.497 e. The summed E-state index contributed by atoms with van der Waals surface area (Å²) in [5, 5.41) is 2.68. The molecule has 0 fully saturated rings. The third kappa shape index (κ3) is 3.85. The molecule has 0 aliphatic heterocycles. The van der Waals surface area contributed by atoms with Gasteiger partial charge in [-0.25, -0.2) is 0 Å². The molecule has 0 amide bonds. The minimum atomic E-state index is 0.906. The van der Waals surface area contributed by atoms with Crippen LogP contribution in [0.3, 0.4) is 0 Å². The maximum Gasteiger partial charge on any atom is 0.242 e. The molecule has 32 heavy (non-hydrogen) atoms. The Balaban J connectivity index is 1.36. The van der Waals surface area contributed by atoms with E-state index in [-0.39, 0.29) is 0 Å². The van der Waals surface area contributed by atoms with E-state index in [1.54, 1.807) is 14.2 Å². The standard InChI is InChI=1S/C26H26N2O2S2/c1-27-21-11-9-19(29-3)15-23(21)31-25(27)13-17-5-7-18(8-6-17)14-26-28(2)22-12-10-20(30-4)16-24(22)32-26/h5-12,15-16H,13-14H2,1-4H3/q+2. The highest BCUT2D eigenvalue weighted by atomic mass is 32.1. The zero-order valence-corrected chi connectivity index (χ0v) is 20.3. The van der Waals surface area contributed by atoms with Crippen LogP contribution in [0, 0.1) is 0 Å². The number of aromatic nitrogens is 2. The molecule has 162 valence electrons. The first-order chi connectivity index (χ1) is 15.6. The Kier molecular flexibility index (Phi) is 5.57. The molecule has 0 atom stereocenters. The number of hydrogen-bond donors (Lipinski definition) is 0. The fraction of sp³-hybridized carbons (Fsp3) is 0.231. The van der Waals surface area contributed by atoms with Gasteiger partial charge in [0.1, 0.15) is 35.0 Å². The van der Waals surface area contributed by atoms with Crippen molar-refractivity contribution in [3.05, 3.63) is 81.8 Å². The molecule has 0 saturated carbocycles. The molecule has 2 aromatic heterocycles. The lowest BCUT2D eigenvalue weighted by Crippen LogP contribution is -2.31. The molecule has 0 aliphatic carbocycles. The van der Waals surface area contributed by atoms with Crippen molar-refractivity contribution in [3.8, 4) is 11.5 Å². The number of fused-ring (bicyclic) bond motifs is 2. The van der Waals surface area contributed by atoms with Gasteiger partial charge in [0.25, 0.3) is 0 Å². The van der Waals surface area contributed by atoms with Gasteiger partial charge in [-0.15, -0.1) is 0 Å². The fourth-order valence-electron chi connectivity index (χ4n) is 4.05. The first kappa shape index (κ1) is 20.9. The van der Waals surface area contributed by atoms with E-state index in [2.05, 4.69) is 71.8 Å². The van der Waals surface area contributed by atoms with Crippen LogP contribution in [0.15, 0.2) is 60.7 Å². The molecule has 4 nitrogen and oxygen atoms in total. The smallest absolute Gasteiger partial charge is 0.242 e. The van der Waals surface area contributed by atoms with Crippen LogP contribution < -0.4 is 18.6 Å². The van der Waals surface area contributed by atoms with Gasteiger partial charge in [0, 0.05) is 24.3 Å². The van der Waals surface area contributed by atoms with Crippen molar-refractivity contribution in [2.24, 2.45) is 14.1 Å². The van der Waals surface area contributed by atoms with E-state index >= 15 is 0 Å². The molecule has 0 radical (unpaired) electrons. The Bertz CT molecular complexity index is 1310. The molecular formula is C26H26N2O2S2+2. The van der Waals surface area contributed by atoms with Gasteiger partial charge in [-0.05, 0) is 23.3 Å². The fourth-order valence-corrected chi connectivity index (χ4v) is 6.48. The number of rotatable bonds is 6. The van der Waals surface area contributed by atoms with Crippen LogP contribution in [0.1, 0.15) is 21.1 Å². The molecule has 0 aliphatic rings. The summed E-state index contributed by atoms with van der Waals surface area (Å²) in [7, 11) is 7.72. The summed E-state index contributed by atoms with van der Waals surface area (Å²) in [6.07, 6.45) is 1.85. The van der Waals surface area contributed by atoms with E-state index in [0.29, 0.717) is 0 Å². The molecule has 0 N–H and O–H groups in total. The second-order valence-corrected chi connectivity index (χ2v) is 10.2. The van der Waals surface area contributed by atoms with Crippen LogP contribution in [0.4, 0.5) is 0 Å². The van der Waals surface area contributed by atoms with Gasteiger partial charge >= 0.3 is 0 Å². The number of methoxy groups -OCH3 is 2. The van der Waals surface area contributed by atoms with E-state index in [9.17, 15) is 0 Å². The quantitative estimate of drug-likeness (QED) is 0.333. The van der Waals surface area contributed by atoms with E-state index in [1.165, 1.54) is 41.6 Å². The highest BCUT2D eigenvalue weighted by Gasteiger charge is 2.19. The lowest BCUT2D eigenvalue weighted by molar-refractivity contribution is -0.647. The van der Waals surface area contributed by atoms with Gasteiger partial charge in [-0.3, -0.25) is 0 Å². The number of hydrogen-bond acceptors (Lipinski definition) is 4. The van der Waals surface area contributed by atoms with Gasteiger partial charge in [0.2, 0.25) is 21.0 Å². The summed E-state index contributed by atoms with van der Waals surface area (Å²) in [5.41, 5.74) is 5.15. The van der Waals surface area contributed by atoms with E-state index in [0.717, 1.165) is 24.3 Å². The van der Waals surface area contributed by atoms with Crippen molar-refractivity contribution >= 4 is 43.1 Å². The summed E-state index contributed by atoms with van der Waals surface area (Å²) in [5.74, 6) is 1.81. The van der Waals surface area contributed by atoms with E-state index < -0.39 is 0 Å². The summed E-state index contributed by atoms with van der Waals surface area (Å²) in [6.45, 7) is 0. The lowest BCUT2D eigenvalue weighted by Gasteiger charge is -2.01. The molecule has 0 bridgehead atoms. The lowest BCUT2D eigenvalue weighted by atomic mass is 10.1. The Labute approximate surface area is 195 Å². The molecule has 6 heteroatoms. The van der Waals surface area contributed by atoms with E-state index in [1.807, 2.05) is 34.8 Å². The number of benzene rings is 3. The predicted molar refractivity (Wildman–Crippen MR) is 131 cm³/mol. The Morgan fingerprint density at radius 1 is 0.625 bits per heavy atom. The van der Waals surface area contributed by atoms with Crippen LogP contribution in [0.25, 0.3) is 20.4 Å². The third-order valence-corrected chi connectivity index (χ3v) is 8.40. The van der Waals surface area contributed by atoms with Gasteiger partial charge in [0.05, 0.1) is 27.1 Å². The highest BCUT2D eigenvalue weighted by molar-refractivity contribution is 7.18. The van der Waals surface area contributed by atoms with Crippen LogP contribution >= 0.6 is 22.7 Å². The first-order valence-electron chi connectivity index (χ1n) is 10.5. The van der Waals surface area contributed by atoms with Crippen molar-refractivity contribution in [2.45, 2.75) is 12.8 Å². The van der Waals surface area contributed by atoms with Crippen LogP contribution in [0.5, 0.6) is 11.5 Å². The monoisotopic (exact) mass is 462 g/mol. The Morgan fingerprint density at radius 2 is 1.03 bits per heavy atom. The molecule has 0 spiro atoms. The van der Waals surface area contributed by atoms with Crippen LogP contribution in [-0.2, 0) is 26.9 Å². The number of nitrogens with zero attached hydrogens (tertiary/aromatic N) is 2. The largest absolute Gasteiger partial charge is 0.497 e. The van der Waals surface area contributed by atoms with Gasteiger partial charge < -0.3 is 9.47 Å². The maximum absolute atomic E-state index is 5.38. The van der Waals surface area contributed by atoms with Gasteiger partial charge in [-0.2, -0.15) is 9.13 Å². The molecule has 0 unspecified atom stereocenters. The normalized spacial score (nSPS) is 11.4. The zero-order valence-electron chi connectivity index (χ0n) is 18.7. The number of thiazole rings is 2. The summed E-state index contributed by atoms with van der Waals surface area (Å²) in [6, 6.07) is 21.6. The van der Waals surface area contributed by atoms with Crippen molar-refractivity contribution in [2.75, 3.05) is 14.2 Å². The van der Waals surface area contributed by atoms with Crippen LogP contribution in [0.2, 0.25) is 0 Å². The number of ether oxygens (including phenoxy) is 2. The molecule has 3 aromatic carbocycles. The number of aryl methyl sites for hydroxylation is 2. The summed E-state index contributed by atoms with van der Waals surface area (Å²) < 4.78 is 17.9. The van der Waals surface area contributed by atoms with Gasteiger partial charge in [0.15, 0.2) is 0 Å². The zero-order chi connectivity index (χ0) is 22.2. The maximum atomic E-state index is 5.38. The SMILES string of the molecule is COc1ccc2c(c1)sc(Cc1ccc(Cc3sc4cc(OC)ccc4[n+]3C)cc1)[n+]2C. The molecule has 0 saturated heterocycles. The predicted octanol–water partition coefficient (Wildman–Crippen LogP) is 4.96. The topological polar surface area (TPSA) is 26.2 Å². The summed E-state index contributed by atoms with van der Waals surface area (Å²) in [4.78, 5) is 0. The van der Waals surface area contributed by atoms with Crippen molar-refractivity contribution in [1.29, 1.82) is 0 Å². The second kappa shape index (κ2) is 8.52. The van der Waals surface area contributed by atoms with Crippen molar-refractivity contribution < 1.29 is 18.6 Å². The second-order valence-electron chi connectivity index (χ2n) is 7.95. The molecular weight excluding hydrogens is 436 g/mol. The molecule has 5 aromatic rings. The Morgan fingerprint density at radius 3 is 1.41 bits per heavy atom. The van der Waals surface area contributed by atoms with Gasteiger partial charge in [-0.1, -0.05) is 46.9 Å². The van der Waals surface area contributed by atoms with Crippen LogP contribution in [-0.4, -0.2) is 14.2 Å². The molecule has 5 rings (SSSR count). The highest BCUT2D eigenvalue weighted by Crippen LogP contribution is 2.28. The molecule has 2 heterocycles.